The van der Waals surface area contributed by atoms with Crippen LogP contribution in [0.5, 0.6) is 0 Å². The molecule has 52 valence electrons. The molecule has 0 bridgehead atoms. The SMILES string of the molecule is N#CC(CO)c1nncs1. The molecule has 1 heterocycles. The van der Waals surface area contributed by atoms with E-state index in [9.17, 15) is 0 Å². The predicted octanol–water partition coefficient (Wildman–Crippen LogP) is 0.138. The average Bonchev–Trinajstić information content (AvgIpc) is 2.43. The Morgan fingerprint density at radius 2 is 2.70 bits per heavy atom. The average molecular weight is 155 g/mol. The molecule has 1 rings (SSSR count). The fourth-order valence-electron chi connectivity index (χ4n) is 0.508. The van der Waals surface area contributed by atoms with Gasteiger partial charge >= 0.3 is 0 Å². The van der Waals surface area contributed by atoms with Crippen LogP contribution in [0.25, 0.3) is 0 Å². The van der Waals surface area contributed by atoms with Crippen LogP contribution in [0.1, 0.15) is 10.9 Å². The van der Waals surface area contributed by atoms with Gasteiger partial charge in [-0.2, -0.15) is 5.26 Å². The van der Waals surface area contributed by atoms with Crippen molar-refractivity contribution in [2.75, 3.05) is 6.61 Å². The summed E-state index contributed by atoms with van der Waals surface area (Å²) >= 11 is 1.28. The van der Waals surface area contributed by atoms with E-state index in [4.69, 9.17) is 10.4 Å². The largest absolute Gasteiger partial charge is 0.395 e. The molecule has 1 N–H and O–H groups in total. The first-order valence-corrected chi connectivity index (χ1v) is 3.53. The number of aromatic nitrogens is 2. The lowest BCUT2D eigenvalue weighted by Crippen LogP contribution is -1.99. The molecule has 0 saturated heterocycles. The Balaban J connectivity index is 2.76. The summed E-state index contributed by atoms with van der Waals surface area (Å²) in [6, 6.07) is 1.91. The van der Waals surface area contributed by atoms with Gasteiger partial charge in [0.25, 0.3) is 0 Å². The molecule has 5 heteroatoms. The quantitative estimate of drug-likeness (QED) is 0.659. The second kappa shape index (κ2) is 3.25. The maximum atomic E-state index is 8.61. The van der Waals surface area contributed by atoms with E-state index in [0.717, 1.165) is 0 Å². The predicted molar refractivity (Wildman–Crippen MR) is 35.3 cm³/mol. The minimum atomic E-state index is -0.507. The minimum Gasteiger partial charge on any atom is -0.395 e. The van der Waals surface area contributed by atoms with E-state index in [1.807, 2.05) is 6.07 Å². The van der Waals surface area contributed by atoms with Gasteiger partial charge in [0.15, 0.2) is 0 Å². The maximum absolute atomic E-state index is 8.61. The van der Waals surface area contributed by atoms with Gasteiger partial charge in [0.2, 0.25) is 0 Å². The van der Waals surface area contributed by atoms with Crippen LogP contribution < -0.4 is 0 Å². The second-order valence-electron chi connectivity index (χ2n) is 1.64. The molecule has 0 aliphatic rings. The Morgan fingerprint density at radius 3 is 3.10 bits per heavy atom. The fraction of sp³-hybridized carbons (Fsp3) is 0.400. The van der Waals surface area contributed by atoms with Gasteiger partial charge in [0.1, 0.15) is 16.4 Å². The first kappa shape index (κ1) is 7.12. The van der Waals surface area contributed by atoms with Crippen LogP contribution in [0.4, 0.5) is 0 Å². The van der Waals surface area contributed by atoms with Crippen molar-refractivity contribution in [1.29, 1.82) is 5.26 Å². The highest BCUT2D eigenvalue weighted by Crippen LogP contribution is 2.14. The number of aliphatic hydroxyl groups excluding tert-OH is 1. The van der Waals surface area contributed by atoms with Gasteiger partial charge in [-0.05, 0) is 0 Å². The monoisotopic (exact) mass is 155 g/mol. The summed E-state index contributed by atoms with van der Waals surface area (Å²) in [5, 5.41) is 24.8. The molecular formula is C5H5N3OS. The first-order valence-electron chi connectivity index (χ1n) is 2.65. The molecule has 1 aromatic heterocycles. The van der Waals surface area contributed by atoms with Crippen molar-refractivity contribution in [1.82, 2.24) is 10.2 Å². The van der Waals surface area contributed by atoms with E-state index >= 15 is 0 Å². The summed E-state index contributed by atoms with van der Waals surface area (Å²) in [4.78, 5) is 0. The third-order valence-corrected chi connectivity index (χ3v) is 1.82. The molecule has 1 aromatic rings. The molecule has 1 atom stereocenters. The van der Waals surface area contributed by atoms with Gasteiger partial charge in [0, 0.05) is 0 Å². The zero-order valence-corrected chi connectivity index (χ0v) is 5.88. The Labute approximate surface area is 61.8 Å². The van der Waals surface area contributed by atoms with Gasteiger partial charge in [-0.25, -0.2) is 0 Å². The number of aliphatic hydroxyl groups is 1. The van der Waals surface area contributed by atoms with E-state index in [1.165, 1.54) is 16.8 Å². The van der Waals surface area contributed by atoms with Gasteiger partial charge < -0.3 is 5.11 Å². The normalized spacial score (nSPS) is 12.4. The molecule has 0 aromatic carbocycles. The second-order valence-corrected chi connectivity index (χ2v) is 2.51. The number of hydrogen-bond acceptors (Lipinski definition) is 5. The van der Waals surface area contributed by atoms with E-state index in [1.54, 1.807) is 0 Å². The number of nitriles is 1. The third kappa shape index (κ3) is 1.29. The highest BCUT2D eigenvalue weighted by atomic mass is 32.1. The fourth-order valence-corrected chi connectivity index (χ4v) is 1.10. The van der Waals surface area contributed by atoms with Crippen molar-refractivity contribution in [2.24, 2.45) is 0 Å². The molecule has 0 aliphatic carbocycles. The summed E-state index contributed by atoms with van der Waals surface area (Å²) < 4.78 is 0. The minimum absolute atomic E-state index is 0.189. The van der Waals surface area contributed by atoms with Crippen LogP contribution in [-0.2, 0) is 0 Å². The van der Waals surface area contributed by atoms with Crippen LogP contribution in [0.15, 0.2) is 5.51 Å². The number of rotatable bonds is 2. The van der Waals surface area contributed by atoms with Crippen LogP contribution in [0.3, 0.4) is 0 Å². The topological polar surface area (TPSA) is 69.8 Å². The Kier molecular flexibility index (Phi) is 2.31. The summed E-state index contributed by atoms with van der Waals surface area (Å²) in [7, 11) is 0. The van der Waals surface area contributed by atoms with Crippen LogP contribution >= 0.6 is 11.3 Å². The molecule has 0 aliphatic heterocycles. The first-order chi connectivity index (χ1) is 4.88. The van der Waals surface area contributed by atoms with Crippen molar-refractivity contribution in [3.05, 3.63) is 10.5 Å². The van der Waals surface area contributed by atoms with Gasteiger partial charge in [-0.1, -0.05) is 0 Å². The summed E-state index contributed by atoms with van der Waals surface area (Å²) in [5.74, 6) is -0.507. The maximum Gasteiger partial charge on any atom is 0.136 e. The number of hydrogen-bond donors (Lipinski definition) is 1. The van der Waals surface area contributed by atoms with Crippen LogP contribution in [0.2, 0.25) is 0 Å². The Bertz CT molecular complexity index is 228. The summed E-state index contributed by atoms with van der Waals surface area (Å²) in [5.41, 5.74) is 1.54. The Morgan fingerprint density at radius 1 is 1.90 bits per heavy atom. The lowest BCUT2D eigenvalue weighted by molar-refractivity contribution is 0.285. The van der Waals surface area contributed by atoms with E-state index < -0.39 is 5.92 Å². The van der Waals surface area contributed by atoms with Crippen molar-refractivity contribution < 1.29 is 5.11 Å². The van der Waals surface area contributed by atoms with Crippen LogP contribution in [0, 0.1) is 11.3 Å². The highest BCUT2D eigenvalue weighted by molar-refractivity contribution is 7.09. The van der Waals surface area contributed by atoms with Crippen LogP contribution in [-0.4, -0.2) is 21.9 Å². The highest BCUT2D eigenvalue weighted by Gasteiger charge is 2.11. The van der Waals surface area contributed by atoms with Crippen molar-refractivity contribution in [3.8, 4) is 6.07 Å². The zero-order chi connectivity index (χ0) is 7.40. The molecule has 10 heavy (non-hydrogen) atoms. The molecule has 4 nitrogen and oxygen atoms in total. The number of nitrogens with zero attached hydrogens (tertiary/aromatic N) is 3. The van der Waals surface area contributed by atoms with Gasteiger partial charge in [-0.3, -0.25) is 0 Å². The van der Waals surface area contributed by atoms with Gasteiger partial charge in [0.05, 0.1) is 12.7 Å². The van der Waals surface area contributed by atoms with E-state index in [-0.39, 0.29) is 6.61 Å². The van der Waals surface area contributed by atoms with E-state index in [0.29, 0.717) is 5.01 Å². The standard InChI is InChI=1S/C5H5N3OS/c6-1-4(2-9)5-8-7-3-10-5/h3-4,9H,2H2. The third-order valence-electron chi connectivity index (χ3n) is 1.01. The molecule has 0 amide bonds. The summed E-state index contributed by atoms with van der Waals surface area (Å²) in [6.07, 6.45) is 0. The van der Waals surface area contributed by atoms with Crippen molar-refractivity contribution >= 4 is 11.3 Å². The molecule has 1 unspecified atom stereocenters. The summed E-state index contributed by atoms with van der Waals surface area (Å²) in [6.45, 7) is -0.189. The molecule has 0 spiro atoms. The molecule has 0 radical (unpaired) electrons. The lowest BCUT2D eigenvalue weighted by atomic mass is 10.2. The van der Waals surface area contributed by atoms with Gasteiger partial charge in [-0.15, -0.1) is 21.5 Å². The van der Waals surface area contributed by atoms with E-state index in [2.05, 4.69) is 10.2 Å². The Hall–Kier alpha value is -0.990. The smallest absolute Gasteiger partial charge is 0.136 e. The lowest BCUT2D eigenvalue weighted by Gasteiger charge is -1.95. The molecule has 0 saturated carbocycles. The van der Waals surface area contributed by atoms with Crippen molar-refractivity contribution in [3.63, 3.8) is 0 Å². The molecular weight excluding hydrogens is 150 g/mol. The zero-order valence-electron chi connectivity index (χ0n) is 5.06. The molecule has 0 fully saturated rings. The van der Waals surface area contributed by atoms with Crippen molar-refractivity contribution in [2.45, 2.75) is 5.92 Å².